The van der Waals surface area contributed by atoms with Gasteiger partial charge in [0.1, 0.15) is 33.5 Å². The number of nitrogens with two attached hydrogens (primary N) is 1. The van der Waals surface area contributed by atoms with Crippen molar-refractivity contribution in [3.63, 3.8) is 0 Å². The van der Waals surface area contributed by atoms with Crippen molar-refractivity contribution in [2.45, 2.75) is 25.3 Å². The molecule has 2 aliphatic heterocycles. The highest BCUT2D eigenvalue weighted by Crippen LogP contribution is 2.42. The second-order valence-corrected chi connectivity index (χ2v) is 9.60. The predicted octanol–water partition coefficient (Wildman–Crippen LogP) is 0.816. The van der Waals surface area contributed by atoms with Gasteiger partial charge < -0.3 is 25.8 Å². The standard InChI is InChI=1S/C17H19ClN4O6S2/c1-3-8(9-11(18)30-16(19)21-9)12(24)20-10-13(25)22-4-17(15(26)27,5-28-7(2)23)6-29-14(10)22/h3,10,14H,4-6H2,1-2H3,(H2,19,21)(H,20,24)(H,26,27)/t10?,14-,17?/m1/s1. The van der Waals surface area contributed by atoms with Crippen LogP contribution in [-0.4, -0.2) is 69.1 Å². The summed E-state index contributed by atoms with van der Waals surface area (Å²) >= 11 is 8.34. The number of nitrogen functional groups attached to an aromatic ring is 1. The van der Waals surface area contributed by atoms with E-state index in [2.05, 4.69) is 10.3 Å². The third-order valence-electron chi connectivity index (χ3n) is 4.83. The lowest BCUT2D eigenvalue weighted by Crippen LogP contribution is -2.74. The fourth-order valence-electron chi connectivity index (χ4n) is 3.22. The molecule has 162 valence electrons. The molecule has 3 rings (SSSR count). The summed E-state index contributed by atoms with van der Waals surface area (Å²) in [5.74, 6) is -2.56. The summed E-state index contributed by atoms with van der Waals surface area (Å²) in [7, 11) is 0. The molecule has 0 saturated carbocycles. The van der Waals surface area contributed by atoms with Crippen molar-refractivity contribution in [2.75, 3.05) is 24.6 Å². The van der Waals surface area contributed by atoms with Gasteiger partial charge in [0.2, 0.25) is 5.91 Å². The van der Waals surface area contributed by atoms with E-state index >= 15 is 0 Å². The van der Waals surface area contributed by atoms with E-state index in [1.54, 1.807) is 6.92 Å². The van der Waals surface area contributed by atoms with Crippen molar-refractivity contribution in [1.29, 1.82) is 0 Å². The van der Waals surface area contributed by atoms with E-state index in [1.807, 2.05) is 0 Å². The first-order chi connectivity index (χ1) is 14.1. The fourth-order valence-corrected chi connectivity index (χ4v) is 5.70. The maximum absolute atomic E-state index is 12.7. The number of amides is 2. The van der Waals surface area contributed by atoms with Gasteiger partial charge in [-0.05, 0) is 6.92 Å². The highest BCUT2D eigenvalue weighted by atomic mass is 35.5. The zero-order chi connectivity index (χ0) is 22.2. The molecule has 0 aromatic carbocycles. The van der Waals surface area contributed by atoms with Crippen molar-refractivity contribution >= 4 is 69.2 Å². The summed E-state index contributed by atoms with van der Waals surface area (Å²) < 4.78 is 5.18. The maximum atomic E-state index is 12.7. The van der Waals surface area contributed by atoms with Crippen molar-refractivity contribution < 1.29 is 29.0 Å². The first-order valence-corrected chi connectivity index (χ1v) is 11.0. The van der Waals surface area contributed by atoms with E-state index in [0.29, 0.717) is 0 Å². The number of thiazole rings is 1. The van der Waals surface area contributed by atoms with Crippen LogP contribution in [-0.2, 0) is 23.9 Å². The van der Waals surface area contributed by atoms with Gasteiger partial charge in [-0.25, -0.2) is 4.98 Å². The van der Waals surface area contributed by atoms with E-state index in [-0.39, 0.29) is 39.6 Å². The molecule has 0 aliphatic carbocycles. The fraction of sp³-hybridized carbons (Fsp3) is 0.471. The molecule has 13 heteroatoms. The lowest BCUT2D eigenvalue weighted by atomic mass is 9.88. The van der Waals surface area contributed by atoms with Crippen molar-refractivity contribution in [1.82, 2.24) is 15.2 Å². The number of aromatic nitrogens is 1. The number of hydrogen-bond donors (Lipinski definition) is 3. The molecule has 0 bridgehead atoms. The predicted molar refractivity (Wildman–Crippen MR) is 112 cm³/mol. The summed E-state index contributed by atoms with van der Waals surface area (Å²) in [5.41, 5.74) is 4.67. The molecule has 0 radical (unpaired) electrons. The quantitative estimate of drug-likeness (QED) is 0.309. The number of carboxylic acid groups (broad SMARTS) is 1. The SMILES string of the molecule is CC=C(C(=O)NC1C(=O)N2CC(COC(C)=O)(C(=O)O)CS[C@H]12)c1nc(N)sc1Cl. The summed E-state index contributed by atoms with van der Waals surface area (Å²) in [4.78, 5) is 53.7. The topological polar surface area (TPSA) is 152 Å². The van der Waals surface area contributed by atoms with Gasteiger partial charge in [0, 0.05) is 19.2 Å². The normalized spacial score (nSPS) is 25.9. The third kappa shape index (κ3) is 3.98. The Hall–Kier alpha value is -2.31. The zero-order valence-corrected chi connectivity index (χ0v) is 18.4. The van der Waals surface area contributed by atoms with E-state index in [4.69, 9.17) is 22.1 Å². The van der Waals surface area contributed by atoms with Crippen molar-refractivity contribution in [2.24, 2.45) is 5.41 Å². The Morgan fingerprint density at radius 3 is 2.73 bits per heavy atom. The number of fused-ring (bicyclic) bond motifs is 1. The van der Waals surface area contributed by atoms with Gasteiger partial charge in [0.15, 0.2) is 5.13 Å². The van der Waals surface area contributed by atoms with Crippen LogP contribution in [0.15, 0.2) is 6.08 Å². The Bertz CT molecular complexity index is 951. The monoisotopic (exact) mass is 474 g/mol. The molecule has 2 unspecified atom stereocenters. The number of rotatable bonds is 6. The Morgan fingerprint density at radius 1 is 1.50 bits per heavy atom. The largest absolute Gasteiger partial charge is 0.481 e. The van der Waals surface area contributed by atoms with E-state index < -0.39 is 40.6 Å². The second kappa shape index (κ2) is 8.44. The summed E-state index contributed by atoms with van der Waals surface area (Å²) in [5, 5.41) is 12.1. The molecule has 10 nitrogen and oxygen atoms in total. The van der Waals surface area contributed by atoms with Crippen LogP contribution < -0.4 is 11.1 Å². The number of aliphatic carboxylic acids is 1. The molecule has 2 saturated heterocycles. The van der Waals surface area contributed by atoms with Gasteiger partial charge in [-0.2, -0.15) is 0 Å². The van der Waals surface area contributed by atoms with Crippen LogP contribution >= 0.6 is 34.7 Å². The first-order valence-electron chi connectivity index (χ1n) is 8.78. The van der Waals surface area contributed by atoms with E-state index in [0.717, 1.165) is 11.3 Å². The smallest absolute Gasteiger partial charge is 0.315 e. The summed E-state index contributed by atoms with van der Waals surface area (Å²) in [6.45, 7) is 2.39. The van der Waals surface area contributed by atoms with Crippen molar-refractivity contribution in [3.05, 3.63) is 16.1 Å². The Kier molecular flexibility index (Phi) is 6.29. The minimum atomic E-state index is -1.39. The van der Waals surface area contributed by atoms with Crippen LogP contribution in [0.3, 0.4) is 0 Å². The molecular weight excluding hydrogens is 456 g/mol. The highest BCUT2D eigenvalue weighted by Gasteiger charge is 2.58. The molecule has 2 aliphatic rings. The number of hydrogen-bond acceptors (Lipinski definition) is 9. The molecule has 30 heavy (non-hydrogen) atoms. The van der Waals surface area contributed by atoms with Crippen LogP contribution in [0.1, 0.15) is 19.5 Å². The van der Waals surface area contributed by atoms with Gasteiger partial charge in [-0.3, -0.25) is 19.2 Å². The van der Waals surface area contributed by atoms with Gasteiger partial charge in [-0.15, -0.1) is 11.8 Å². The number of ether oxygens (including phenoxy) is 1. The number of anilines is 1. The second-order valence-electron chi connectivity index (χ2n) is 6.86. The minimum Gasteiger partial charge on any atom is -0.481 e. The molecule has 1 aromatic heterocycles. The molecule has 4 N–H and O–H groups in total. The number of carboxylic acids is 1. The average Bonchev–Trinajstić information content (AvgIpc) is 3.02. The molecule has 2 fully saturated rings. The third-order valence-corrected chi connectivity index (χ3v) is 7.50. The Balaban J connectivity index is 1.70. The number of carbonyl (C=O) groups is 4. The van der Waals surface area contributed by atoms with Crippen LogP contribution in [0.2, 0.25) is 4.34 Å². The molecule has 2 amide bonds. The number of β-lactam (4-membered cyclic amide) rings is 1. The number of nitrogens with one attached hydrogen (secondary N) is 1. The lowest BCUT2D eigenvalue weighted by Gasteiger charge is -2.53. The van der Waals surface area contributed by atoms with E-state index in [9.17, 15) is 24.3 Å². The molecule has 3 atom stereocenters. The number of nitrogens with zero attached hydrogens (tertiary/aromatic N) is 2. The Labute approximate surface area is 184 Å². The summed E-state index contributed by atoms with van der Waals surface area (Å²) in [6.07, 6.45) is 1.53. The van der Waals surface area contributed by atoms with Crippen LogP contribution in [0, 0.1) is 5.41 Å². The molecule has 3 heterocycles. The number of thioether (sulfide) groups is 1. The van der Waals surface area contributed by atoms with Gasteiger partial charge in [-0.1, -0.05) is 29.0 Å². The van der Waals surface area contributed by atoms with Crippen LogP contribution in [0.4, 0.5) is 5.13 Å². The maximum Gasteiger partial charge on any atom is 0.315 e. The molecular formula is C17H19ClN4O6S2. The van der Waals surface area contributed by atoms with Crippen LogP contribution in [0.25, 0.3) is 5.57 Å². The average molecular weight is 475 g/mol. The molecule has 0 spiro atoms. The van der Waals surface area contributed by atoms with Gasteiger partial charge in [0.25, 0.3) is 5.91 Å². The van der Waals surface area contributed by atoms with Gasteiger partial charge in [0.05, 0.1) is 5.57 Å². The number of halogens is 1. The summed E-state index contributed by atoms with van der Waals surface area (Å²) in [6, 6.07) is -0.812. The first kappa shape index (κ1) is 22.4. The van der Waals surface area contributed by atoms with Crippen molar-refractivity contribution in [3.8, 4) is 0 Å². The van der Waals surface area contributed by atoms with Gasteiger partial charge >= 0.3 is 11.9 Å². The number of esters is 1. The molecule has 1 aromatic rings. The van der Waals surface area contributed by atoms with Crippen LogP contribution in [0.5, 0.6) is 0 Å². The van der Waals surface area contributed by atoms with E-state index in [1.165, 1.54) is 29.7 Å². The number of allylic oxidation sites excluding steroid dienone is 1. The Morgan fingerprint density at radius 2 is 2.20 bits per heavy atom. The highest BCUT2D eigenvalue weighted by molar-refractivity contribution is 8.00. The minimum absolute atomic E-state index is 0.108. The number of carbonyl (C=O) groups excluding carboxylic acids is 3. The lowest BCUT2D eigenvalue weighted by molar-refractivity contribution is -0.164. The zero-order valence-electron chi connectivity index (χ0n) is 16.0.